The van der Waals surface area contributed by atoms with Crippen LogP contribution in [0.3, 0.4) is 0 Å². The number of nitrogens with zero attached hydrogens (tertiary/aromatic N) is 1. The van der Waals surface area contributed by atoms with E-state index in [2.05, 4.69) is 10.2 Å². The van der Waals surface area contributed by atoms with Crippen LogP contribution in [0.5, 0.6) is 0 Å². The molecule has 0 aliphatic rings. The standard InChI is InChI=1S/C14H11N3O/c15-11-3-6-13-10(7-11)8-14(16-13)9-1-4-12(17-18)5-2-9/h1-8,16H,15H2. The van der Waals surface area contributed by atoms with Crippen LogP contribution in [0.4, 0.5) is 11.4 Å². The first kappa shape index (κ1) is 10.5. The van der Waals surface area contributed by atoms with E-state index in [0.717, 1.165) is 27.8 Å². The number of rotatable bonds is 2. The van der Waals surface area contributed by atoms with Crippen LogP contribution < -0.4 is 5.73 Å². The largest absolute Gasteiger partial charge is 0.399 e. The predicted molar refractivity (Wildman–Crippen MR) is 73.6 cm³/mol. The van der Waals surface area contributed by atoms with E-state index in [0.29, 0.717) is 5.69 Å². The molecule has 0 fully saturated rings. The van der Waals surface area contributed by atoms with E-state index in [-0.39, 0.29) is 0 Å². The molecular weight excluding hydrogens is 226 g/mol. The van der Waals surface area contributed by atoms with Crippen molar-refractivity contribution in [2.45, 2.75) is 0 Å². The first-order chi connectivity index (χ1) is 8.76. The lowest BCUT2D eigenvalue weighted by Gasteiger charge is -1.96. The summed E-state index contributed by atoms with van der Waals surface area (Å²) in [6, 6.07) is 14.9. The minimum atomic E-state index is 0.430. The third-order valence-corrected chi connectivity index (χ3v) is 2.93. The lowest BCUT2D eigenvalue weighted by Crippen LogP contribution is -1.81. The fourth-order valence-electron chi connectivity index (χ4n) is 2.01. The highest BCUT2D eigenvalue weighted by Crippen LogP contribution is 2.26. The highest BCUT2D eigenvalue weighted by atomic mass is 16.3. The maximum absolute atomic E-state index is 10.4. The number of aromatic amines is 1. The van der Waals surface area contributed by atoms with Crippen molar-refractivity contribution in [3.05, 3.63) is 53.4 Å². The Morgan fingerprint density at radius 1 is 1.00 bits per heavy atom. The average molecular weight is 237 g/mol. The number of nitrogens with one attached hydrogen (secondary N) is 1. The molecule has 1 heterocycles. The Morgan fingerprint density at radius 2 is 1.78 bits per heavy atom. The van der Waals surface area contributed by atoms with Crippen LogP contribution in [0.1, 0.15) is 0 Å². The van der Waals surface area contributed by atoms with Gasteiger partial charge in [-0.1, -0.05) is 12.1 Å². The smallest absolute Gasteiger partial charge is 0.108 e. The van der Waals surface area contributed by atoms with Gasteiger partial charge in [0.2, 0.25) is 0 Å². The highest BCUT2D eigenvalue weighted by molar-refractivity contribution is 5.88. The second-order valence-electron chi connectivity index (χ2n) is 4.17. The predicted octanol–water partition coefficient (Wildman–Crippen LogP) is 3.82. The van der Waals surface area contributed by atoms with E-state index in [1.54, 1.807) is 12.1 Å². The summed E-state index contributed by atoms with van der Waals surface area (Å²) >= 11 is 0. The van der Waals surface area contributed by atoms with Gasteiger partial charge in [0.05, 0.1) is 0 Å². The maximum atomic E-state index is 10.4. The zero-order chi connectivity index (χ0) is 12.5. The van der Waals surface area contributed by atoms with Gasteiger partial charge in [-0.2, -0.15) is 0 Å². The summed E-state index contributed by atoms with van der Waals surface area (Å²) in [6.45, 7) is 0. The molecule has 1 aromatic heterocycles. The van der Waals surface area contributed by atoms with Crippen molar-refractivity contribution < 1.29 is 0 Å². The molecule has 3 aromatic rings. The number of aromatic nitrogens is 1. The number of benzene rings is 2. The second-order valence-corrected chi connectivity index (χ2v) is 4.17. The van der Waals surface area contributed by atoms with Crippen molar-refractivity contribution in [3.63, 3.8) is 0 Å². The maximum Gasteiger partial charge on any atom is 0.108 e. The molecule has 0 spiro atoms. The third kappa shape index (κ3) is 1.73. The molecule has 0 atom stereocenters. The van der Waals surface area contributed by atoms with E-state index in [9.17, 15) is 4.91 Å². The number of H-pyrrole nitrogens is 1. The fraction of sp³-hybridized carbons (Fsp3) is 0. The Hall–Kier alpha value is -2.62. The molecule has 0 amide bonds. The lowest BCUT2D eigenvalue weighted by molar-refractivity contribution is 1.44. The summed E-state index contributed by atoms with van der Waals surface area (Å²) in [4.78, 5) is 13.7. The van der Waals surface area contributed by atoms with Gasteiger partial charge in [-0.25, -0.2) is 0 Å². The minimum Gasteiger partial charge on any atom is -0.399 e. The summed E-state index contributed by atoms with van der Waals surface area (Å²) < 4.78 is 0. The monoisotopic (exact) mass is 237 g/mol. The third-order valence-electron chi connectivity index (χ3n) is 2.93. The summed E-state index contributed by atoms with van der Waals surface area (Å²) in [6.07, 6.45) is 0. The number of fused-ring (bicyclic) bond motifs is 1. The van der Waals surface area contributed by atoms with Gasteiger partial charge in [-0.05, 0) is 47.1 Å². The second kappa shape index (κ2) is 4.00. The van der Waals surface area contributed by atoms with Crippen molar-refractivity contribution >= 4 is 22.3 Å². The minimum absolute atomic E-state index is 0.430. The Balaban J connectivity index is 2.10. The number of nitrogens with two attached hydrogens (primary N) is 1. The summed E-state index contributed by atoms with van der Waals surface area (Å²) in [5, 5.41) is 3.95. The normalized spacial score (nSPS) is 10.7. The van der Waals surface area contributed by atoms with Gasteiger partial charge in [0.15, 0.2) is 0 Å². The zero-order valence-electron chi connectivity index (χ0n) is 9.55. The molecule has 4 nitrogen and oxygen atoms in total. The molecule has 0 unspecified atom stereocenters. The van der Waals surface area contributed by atoms with Crippen molar-refractivity contribution in [1.29, 1.82) is 0 Å². The fourth-order valence-corrected chi connectivity index (χ4v) is 2.01. The van der Waals surface area contributed by atoms with Gasteiger partial charge in [0.1, 0.15) is 5.69 Å². The van der Waals surface area contributed by atoms with Crippen LogP contribution in [0.25, 0.3) is 22.2 Å². The molecule has 3 rings (SSSR count). The van der Waals surface area contributed by atoms with E-state index in [1.807, 2.05) is 36.4 Å². The Morgan fingerprint density at radius 3 is 2.50 bits per heavy atom. The summed E-state index contributed by atoms with van der Waals surface area (Å²) in [5.74, 6) is 0. The molecule has 0 saturated carbocycles. The molecule has 88 valence electrons. The number of nitroso groups, excluding NO2 is 1. The van der Waals surface area contributed by atoms with Gasteiger partial charge in [0, 0.05) is 22.3 Å². The summed E-state index contributed by atoms with van der Waals surface area (Å²) in [5.41, 5.74) is 9.97. The Kier molecular flexibility index (Phi) is 2.34. The van der Waals surface area contributed by atoms with Gasteiger partial charge in [0.25, 0.3) is 0 Å². The van der Waals surface area contributed by atoms with E-state index in [4.69, 9.17) is 5.73 Å². The number of nitrogen functional groups attached to an aromatic ring is 1. The Bertz CT molecular complexity index is 713. The Labute approximate surface area is 103 Å². The molecule has 0 aliphatic heterocycles. The van der Waals surface area contributed by atoms with Crippen LogP contribution in [0.15, 0.2) is 53.7 Å². The number of anilines is 1. The van der Waals surface area contributed by atoms with E-state index >= 15 is 0 Å². The van der Waals surface area contributed by atoms with Gasteiger partial charge in [-0.3, -0.25) is 0 Å². The van der Waals surface area contributed by atoms with Crippen molar-refractivity contribution in [1.82, 2.24) is 4.98 Å². The van der Waals surface area contributed by atoms with Crippen LogP contribution in [0.2, 0.25) is 0 Å². The van der Waals surface area contributed by atoms with E-state index < -0.39 is 0 Å². The van der Waals surface area contributed by atoms with Crippen LogP contribution in [-0.4, -0.2) is 4.98 Å². The quantitative estimate of drug-likeness (QED) is 0.525. The van der Waals surface area contributed by atoms with Crippen LogP contribution in [0, 0.1) is 4.91 Å². The van der Waals surface area contributed by atoms with Crippen molar-refractivity contribution in [3.8, 4) is 11.3 Å². The highest BCUT2D eigenvalue weighted by Gasteiger charge is 2.03. The van der Waals surface area contributed by atoms with Crippen LogP contribution in [-0.2, 0) is 0 Å². The molecule has 0 saturated heterocycles. The first-order valence-corrected chi connectivity index (χ1v) is 5.58. The van der Waals surface area contributed by atoms with Crippen molar-refractivity contribution in [2.24, 2.45) is 5.18 Å². The SMILES string of the molecule is Nc1ccc2[nH]c(-c3ccc(N=O)cc3)cc2c1. The van der Waals surface area contributed by atoms with Gasteiger partial charge < -0.3 is 10.7 Å². The number of hydrogen-bond donors (Lipinski definition) is 2. The first-order valence-electron chi connectivity index (χ1n) is 5.58. The molecule has 0 bridgehead atoms. The molecule has 0 radical (unpaired) electrons. The molecular formula is C14H11N3O. The molecule has 0 aliphatic carbocycles. The van der Waals surface area contributed by atoms with Gasteiger partial charge in [-0.15, -0.1) is 4.91 Å². The lowest BCUT2D eigenvalue weighted by atomic mass is 10.1. The van der Waals surface area contributed by atoms with Crippen LogP contribution >= 0.6 is 0 Å². The molecule has 4 heteroatoms. The number of hydrogen-bond acceptors (Lipinski definition) is 3. The topological polar surface area (TPSA) is 71.2 Å². The summed E-state index contributed by atoms with van der Waals surface area (Å²) in [7, 11) is 0. The van der Waals surface area contributed by atoms with Gasteiger partial charge >= 0.3 is 0 Å². The zero-order valence-corrected chi connectivity index (χ0v) is 9.55. The average Bonchev–Trinajstić information content (AvgIpc) is 2.81. The van der Waals surface area contributed by atoms with E-state index in [1.165, 1.54) is 0 Å². The molecule has 3 N–H and O–H groups in total. The van der Waals surface area contributed by atoms with Crippen molar-refractivity contribution in [2.75, 3.05) is 5.73 Å². The molecule has 18 heavy (non-hydrogen) atoms. The molecule has 2 aromatic carbocycles.